The van der Waals surface area contributed by atoms with Crippen molar-refractivity contribution in [1.29, 1.82) is 0 Å². The van der Waals surface area contributed by atoms with E-state index in [0.717, 1.165) is 19.1 Å². The van der Waals surface area contributed by atoms with Gasteiger partial charge in [-0.15, -0.1) is 11.3 Å². The second-order valence-electron chi connectivity index (χ2n) is 4.04. The highest BCUT2D eigenvalue weighted by atomic mass is 79.9. The fourth-order valence-electron chi connectivity index (χ4n) is 1.93. The highest BCUT2D eigenvalue weighted by Gasteiger charge is 2.25. The number of ether oxygens (including phenoxy) is 2. The fourth-order valence-corrected chi connectivity index (χ4v) is 4.79. The number of thiophene rings is 1. The Labute approximate surface area is 126 Å². The zero-order chi connectivity index (χ0) is 12.5. The molecule has 2 heterocycles. The van der Waals surface area contributed by atoms with Gasteiger partial charge in [0.05, 0.1) is 19.1 Å². The average molecular weight is 390 g/mol. The first kappa shape index (κ1) is 12.5. The highest BCUT2D eigenvalue weighted by Crippen LogP contribution is 2.50. The minimum atomic E-state index is 0.266. The Morgan fingerprint density at radius 2 is 1.50 bits per heavy atom. The van der Waals surface area contributed by atoms with Crippen molar-refractivity contribution in [2.24, 2.45) is 0 Å². The molecular formula is C13H10Br2O2S. The van der Waals surface area contributed by atoms with Crippen molar-refractivity contribution in [3.63, 3.8) is 0 Å². The molecule has 3 rings (SSSR count). The van der Waals surface area contributed by atoms with Gasteiger partial charge in [-0.05, 0) is 37.4 Å². The molecular weight excluding hydrogens is 380 g/mol. The van der Waals surface area contributed by atoms with E-state index in [-0.39, 0.29) is 5.92 Å². The van der Waals surface area contributed by atoms with Crippen LogP contribution in [0.25, 0.3) is 0 Å². The molecule has 0 fully saturated rings. The first-order valence-corrected chi connectivity index (χ1v) is 7.94. The third-order valence-corrected chi connectivity index (χ3v) is 5.29. The lowest BCUT2D eigenvalue weighted by molar-refractivity contribution is 0.262. The van der Waals surface area contributed by atoms with Gasteiger partial charge in [-0.3, -0.25) is 0 Å². The van der Waals surface area contributed by atoms with Gasteiger partial charge in [0, 0.05) is 0 Å². The van der Waals surface area contributed by atoms with E-state index in [1.165, 1.54) is 5.56 Å². The molecule has 94 valence electrons. The number of halogens is 2. The van der Waals surface area contributed by atoms with Crippen molar-refractivity contribution in [2.75, 3.05) is 13.2 Å². The second-order valence-corrected chi connectivity index (χ2v) is 7.69. The van der Waals surface area contributed by atoms with Crippen LogP contribution >= 0.6 is 43.2 Å². The third-order valence-electron chi connectivity index (χ3n) is 2.87. The zero-order valence-electron chi connectivity index (χ0n) is 9.36. The normalized spacial score (nSPS) is 15.4. The standard InChI is InChI=1S/C13H10Br2O2S/c14-12-10-11(13(15)18-12)17-7-9(6-16-10)8-4-2-1-3-5-8/h1-5,9H,6-7H2. The van der Waals surface area contributed by atoms with Gasteiger partial charge in [0.25, 0.3) is 0 Å². The predicted molar refractivity (Wildman–Crippen MR) is 79.9 cm³/mol. The molecule has 0 aliphatic carbocycles. The molecule has 1 aliphatic heterocycles. The zero-order valence-corrected chi connectivity index (χ0v) is 13.3. The minimum Gasteiger partial charge on any atom is -0.487 e. The van der Waals surface area contributed by atoms with Crippen LogP contribution in [-0.4, -0.2) is 13.2 Å². The van der Waals surface area contributed by atoms with Gasteiger partial charge in [0.15, 0.2) is 11.5 Å². The number of hydrogen-bond acceptors (Lipinski definition) is 3. The molecule has 0 bridgehead atoms. The Morgan fingerprint density at radius 1 is 0.944 bits per heavy atom. The van der Waals surface area contributed by atoms with Crippen molar-refractivity contribution in [2.45, 2.75) is 5.92 Å². The Balaban J connectivity index is 1.85. The molecule has 1 aliphatic rings. The second kappa shape index (κ2) is 5.23. The summed E-state index contributed by atoms with van der Waals surface area (Å²) in [6.45, 7) is 1.28. The Bertz CT molecular complexity index is 525. The molecule has 0 N–H and O–H groups in total. The van der Waals surface area contributed by atoms with E-state index in [4.69, 9.17) is 9.47 Å². The van der Waals surface area contributed by atoms with Gasteiger partial charge in [0.1, 0.15) is 7.57 Å². The van der Waals surface area contributed by atoms with Crippen molar-refractivity contribution >= 4 is 43.2 Å². The molecule has 2 nitrogen and oxygen atoms in total. The van der Waals surface area contributed by atoms with E-state index in [1.54, 1.807) is 11.3 Å². The van der Waals surface area contributed by atoms with Gasteiger partial charge in [-0.2, -0.15) is 0 Å². The largest absolute Gasteiger partial charge is 0.487 e. The maximum atomic E-state index is 5.88. The minimum absolute atomic E-state index is 0.266. The summed E-state index contributed by atoms with van der Waals surface area (Å²) >= 11 is 8.57. The highest BCUT2D eigenvalue weighted by molar-refractivity contribution is 9.12. The van der Waals surface area contributed by atoms with Gasteiger partial charge >= 0.3 is 0 Å². The maximum absolute atomic E-state index is 5.88. The smallest absolute Gasteiger partial charge is 0.187 e. The van der Waals surface area contributed by atoms with Crippen LogP contribution < -0.4 is 9.47 Å². The van der Waals surface area contributed by atoms with E-state index in [1.807, 2.05) is 18.2 Å². The SMILES string of the molecule is Brc1sc(Br)c2c1OCC(c1ccccc1)CO2. The number of benzene rings is 1. The summed E-state index contributed by atoms with van der Waals surface area (Å²) in [4.78, 5) is 0. The summed E-state index contributed by atoms with van der Waals surface area (Å²) in [6.07, 6.45) is 0. The van der Waals surface area contributed by atoms with Gasteiger partial charge in [-0.1, -0.05) is 30.3 Å². The van der Waals surface area contributed by atoms with Crippen molar-refractivity contribution in [3.05, 3.63) is 43.5 Å². The van der Waals surface area contributed by atoms with E-state index in [0.29, 0.717) is 13.2 Å². The fraction of sp³-hybridized carbons (Fsp3) is 0.231. The number of hydrogen-bond donors (Lipinski definition) is 0. The summed E-state index contributed by atoms with van der Waals surface area (Å²) < 4.78 is 13.7. The van der Waals surface area contributed by atoms with Gasteiger partial charge in [0.2, 0.25) is 0 Å². The molecule has 0 saturated carbocycles. The van der Waals surface area contributed by atoms with Crippen molar-refractivity contribution in [3.8, 4) is 11.5 Å². The lowest BCUT2D eigenvalue weighted by Crippen LogP contribution is -2.14. The van der Waals surface area contributed by atoms with Crippen LogP contribution in [0.4, 0.5) is 0 Å². The summed E-state index contributed by atoms with van der Waals surface area (Å²) in [6, 6.07) is 10.3. The van der Waals surface area contributed by atoms with Crippen LogP contribution in [0.1, 0.15) is 11.5 Å². The molecule has 0 atom stereocenters. The molecule has 0 unspecified atom stereocenters. The first-order valence-electron chi connectivity index (χ1n) is 5.54. The van der Waals surface area contributed by atoms with Gasteiger partial charge < -0.3 is 9.47 Å². The van der Waals surface area contributed by atoms with Crippen LogP contribution in [0.2, 0.25) is 0 Å². The van der Waals surface area contributed by atoms with Crippen LogP contribution in [0.5, 0.6) is 11.5 Å². The lowest BCUT2D eigenvalue weighted by atomic mass is 10.0. The monoisotopic (exact) mass is 388 g/mol. The maximum Gasteiger partial charge on any atom is 0.187 e. The number of fused-ring (bicyclic) bond motifs is 1. The summed E-state index contributed by atoms with van der Waals surface area (Å²) in [5.41, 5.74) is 1.25. The Hall–Kier alpha value is -0.520. The molecule has 2 aromatic rings. The van der Waals surface area contributed by atoms with Crippen molar-refractivity contribution in [1.82, 2.24) is 0 Å². The van der Waals surface area contributed by atoms with Crippen molar-refractivity contribution < 1.29 is 9.47 Å². The molecule has 0 radical (unpaired) electrons. The average Bonchev–Trinajstić information content (AvgIpc) is 2.58. The lowest BCUT2D eigenvalue weighted by Gasteiger charge is -2.13. The van der Waals surface area contributed by atoms with E-state index in [9.17, 15) is 0 Å². The molecule has 0 saturated heterocycles. The Morgan fingerprint density at radius 3 is 2.06 bits per heavy atom. The van der Waals surface area contributed by atoms with Gasteiger partial charge in [-0.25, -0.2) is 0 Å². The molecule has 1 aromatic carbocycles. The number of rotatable bonds is 1. The molecule has 0 amide bonds. The predicted octanol–water partition coefficient (Wildman–Crippen LogP) is 4.83. The molecule has 1 aromatic heterocycles. The third kappa shape index (κ3) is 2.31. The summed E-state index contributed by atoms with van der Waals surface area (Å²) in [5, 5.41) is 0. The summed E-state index contributed by atoms with van der Waals surface area (Å²) in [7, 11) is 0. The topological polar surface area (TPSA) is 18.5 Å². The molecule has 18 heavy (non-hydrogen) atoms. The van der Waals surface area contributed by atoms with Crippen LogP contribution in [0, 0.1) is 0 Å². The van der Waals surface area contributed by atoms with Crippen LogP contribution in [0.3, 0.4) is 0 Å². The van der Waals surface area contributed by atoms with Crippen LogP contribution in [0.15, 0.2) is 37.9 Å². The molecule has 0 spiro atoms. The Kier molecular flexibility index (Phi) is 3.63. The van der Waals surface area contributed by atoms with Crippen LogP contribution in [-0.2, 0) is 0 Å². The first-order chi connectivity index (χ1) is 8.75. The summed E-state index contributed by atoms with van der Waals surface area (Å²) in [5.74, 6) is 1.89. The van der Waals surface area contributed by atoms with E-state index < -0.39 is 0 Å². The van der Waals surface area contributed by atoms with E-state index in [2.05, 4.69) is 44.0 Å². The quantitative estimate of drug-likeness (QED) is 0.695. The molecule has 5 heteroatoms. The van der Waals surface area contributed by atoms with E-state index >= 15 is 0 Å².